The van der Waals surface area contributed by atoms with Crippen LogP contribution in [0.4, 0.5) is 0 Å². The summed E-state index contributed by atoms with van der Waals surface area (Å²) in [6.45, 7) is -1.64. The Balaban J connectivity index is 2.72. The predicted octanol–water partition coefficient (Wildman–Crippen LogP) is -6.66. The zero-order valence-corrected chi connectivity index (χ0v) is 12.5. The Labute approximate surface area is 136 Å². The molecule has 1 saturated heterocycles. The van der Waals surface area contributed by atoms with Crippen molar-refractivity contribution in [1.29, 1.82) is 0 Å². The number of carbonyl (C=O) groups excluding carboxylic acids is 1. The number of nitrogens with one attached hydrogen (secondary N) is 1. The molecule has 24 heavy (non-hydrogen) atoms. The van der Waals surface area contributed by atoms with E-state index in [9.17, 15) is 35.4 Å². The SMILES string of the molecule is O=C(N[C@H]1C(O)O[C@H](CO)[C@@H](O)[C@@H]1O)[C@H](O)[C@@H](O)[C@H](O)[C@H](O)CO. The maximum atomic E-state index is 11.8. The molecule has 0 aliphatic carbocycles. The lowest BCUT2D eigenvalue weighted by molar-refractivity contribution is -0.254. The Hall–Kier alpha value is -0.930. The molecule has 1 heterocycles. The first-order valence-corrected chi connectivity index (χ1v) is 7.09. The van der Waals surface area contributed by atoms with Gasteiger partial charge in [-0.15, -0.1) is 0 Å². The molecule has 0 aromatic carbocycles. The lowest BCUT2D eigenvalue weighted by Gasteiger charge is -2.40. The quantitative estimate of drug-likeness (QED) is 0.206. The van der Waals surface area contributed by atoms with E-state index in [4.69, 9.17) is 20.1 Å². The number of amides is 1. The number of hydrogen-bond acceptors (Lipinski definition) is 11. The second-order valence-corrected chi connectivity index (χ2v) is 5.44. The van der Waals surface area contributed by atoms with Crippen LogP contribution in [0.5, 0.6) is 0 Å². The first-order chi connectivity index (χ1) is 11.1. The van der Waals surface area contributed by atoms with Gasteiger partial charge in [0.15, 0.2) is 12.4 Å². The minimum absolute atomic E-state index is 0.706. The van der Waals surface area contributed by atoms with Gasteiger partial charge in [-0.05, 0) is 0 Å². The maximum Gasteiger partial charge on any atom is 0.252 e. The van der Waals surface area contributed by atoms with Crippen molar-refractivity contribution in [3.8, 4) is 0 Å². The fourth-order valence-electron chi connectivity index (χ4n) is 2.18. The van der Waals surface area contributed by atoms with Crippen molar-refractivity contribution in [2.45, 2.75) is 55.1 Å². The van der Waals surface area contributed by atoms with Gasteiger partial charge in [-0.1, -0.05) is 0 Å². The van der Waals surface area contributed by atoms with Crippen molar-refractivity contribution in [2.24, 2.45) is 0 Å². The van der Waals surface area contributed by atoms with E-state index in [-0.39, 0.29) is 0 Å². The summed E-state index contributed by atoms with van der Waals surface area (Å²) in [6.07, 6.45) is -14.8. The smallest absolute Gasteiger partial charge is 0.252 e. The highest BCUT2D eigenvalue weighted by Crippen LogP contribution is 2.20. The summed E-state index contributed by atoms with van der Waals surface area (Å²) >= 11 is 0. The van der Waals surface area contributed by atoms with E-state index in [2.05, 4.69) is 0 Å². The van der Waals surface area contributed by atoms with Gasteiger partial charge >= 0.3 is 0 Å². The predicted molar refractivity (Wildman–Crippen MR) is 73.0 cm³/mol. The molecule has 1 amide bonds. The Kier molecular flexibility index (Phi) is 7.88. The number of carbonyl (C=O) groups is 1. The lowest BCUT2D eigenvalue weighted by Crippen LogP contribution is -2.65. The summed E-state index contributed by atoms with van der Waals surface area (Å²) in [5.74, 6) is -1.35. The Morgan fingerprint density at radius 3 is 2.08 bits per heavy atom. The normalized spacial score (nSPS) is 35.8. The lowest BCUT2D eigenvalue weighted by atomic mass is 9.96. The molecular formula is C12H23NO11. The third-order valence-electron chi connectivity index (χ3n) is 3.73. The van der Waals surface area contributed by atoms with Crippen molar-refractivity contribution in [2.75, 3.05) is 13.2 Å². The van der Waals surface area contributed by atoms with Crippen LogP contribution < -0.4 is 5.32 Å². The van der Waals surface area contributed by atoms with Crippen molar-refractivity contribution in [3.05, 3.63) is 0 Å². The molecule has 1 aliphatic heterocycles. The zero-order chi connectivity index (χ0) is 18.6. The van der Waals surface area contributed by atoms with E-state index in [1.54, 1.807) is 0 Å². The van der Waals surface area contributed by atoms with E-state index in [0.717, 1.165) is 0 Å². The second kappa shape index (κ2) is 8.96. The monoisotopic (exact) mass is 357 g/mol. The number of rotatable bonds is 7. The molecule has 0 aromatic rings. The molecule has 142 valence electrons. The first kappa shape index (κ1) is 21.1. The van der Waals surface area contributed by atoms with Crippen LogP contribution in [0.1, 0.15) is 0 Å². The fourth-order valence-corrected chi connectivity index (χ4v) is 2.18. The van der Waals surface area contributed by atoms with Crippen LogP contribution in [0.2, 0.25) is 0 Å². The van der Waals surface area contributed by atoms with Gasteiger partial charge in [0.05, 0.1) is 13.2 Å². The van der Waals surface area contributed by atoms with Crippen LogP contribution >= 0.6 is 0 Å². The highest BCUT2D eigenvalue weighted by atomic mass is 16.6. The summed E-state index contributed by atoms with van der Waals surface area (Å²) in [7, 11) is 0. The van der Waals surface area contributed by atoms with E-state index in [0.29, 0.717) is 0 Å². The number of aliphatic hydroxyl groups is 9. The molecule has 0 bridgehead atoms. The molecule has 0 radical (unpaired) electrons. The van der Waals surface area contributed by atoms with E-state index in [1.165, 1.54) is 0 Å². The van der Waals surface area contributed by atoms with Gasteiger partial charge in [0, 0.05) is 0 Å². The third kappa shape index (κ3) is 4.58. The largest absolute Gasteiger partial charge is 0.394 e. The van der Waals surface area contributed by atoms with Gasteiger partial charge in [0.1, 0.15) is 42.7 Å². The second-order valence-electron chi connectivity index (χ2n) is 5.44. The van der Waals surface area contributed by atoms with E-state index in [1.807, 2.05) is 5.32 Å². The van der Waals surface area contributed by atoms with Crippen LogP contribution in [0.3, 0.4) is 0 Å². The van der Waals surface area contributed by atoms with Crippen LogP contribution in [0.15, 0.2) is 0 Å². The number of aliphatic hydroxyl groups excluding tert-OH is 9. The number of hydrogen-bond donors (Lipinski definition) is 10. The molecular weight excluding hydrogens is 334 g/mol. The van der Waals surface area contributed by atoms with Gasteiger partial charge < -0.3 is 56.0 Å². The summed E-state index contributed by atoms with van der Waals surface area (Å²) in [6, 6.07) is -1.60. The Bertz CT molecular complexity index is 410. The molecule has 10 N–H and O–H groups in total. The zero-order valence-electron chi connectivity index (χ0n) is 12.5. The molecule has 12 heteroatoms. The van der Waals surface area contributed by atoms with Gasteiger partial charge in [0.25, 0.3) is 5.91 Å². The molecule has 0 saturated carbocycles. The standard InChI is InChI=1S/C12H23NO11/c14-1-3(16)6(17)9(20)10(21)11(22)13-5-8(19)7(18)4(2-15)24-12(5)23/h3-10,12,14-21,23H,1-2H2,(H,13,22)/t3-,4-,5-,6-,7-,8-,9+,10-,12?/m1/s1. The van der Waals surface area contributed by atoms with Crippen molar-refractivity contribution >= 4 is 5.91 Å². The van der Waals surface area contributed by atoms with Crippen LogP contribution in [0, 0.1) is 0 Å². The molecule has 9 atom stereocenters. The highest BCUT2D eigenvalue weighted by molar-refractivity contribution is 5.81. The van der Waals surface area contributed by atoms with Crippen LogP contribution in [-0.4, -0.2) is 120 Å². The first-order valence-electron chi connectivity index (χ1n) is 7.09. The van der Waals surface area contributed by atoms with Crippen molar-refractivity contribution in [3.63, 3.8) is 0 Å². The molecule has 1 rings (SSSR count). The fraction of sp³-hybridized carbons (Fsp3) is 0.917. The maximum absolute atomic E-state index is 11.8. The summed E-state index contributed by atoms with van der Waals surface area (Å²) in [5.41, 5.74) is 0. The molecule has 12 nitrogen and oxygen atoms in total. The third-order valence-corrected chi connectivity index (χ3v) is 3.73. The Morgan fingerprint density at radius 1 is 1.00 bits per heavy atom. The topological polar surface area (TPSA) is 220 Å². The van der Waals surface area contributed by atoms with Gasteiger partial charge in [-0.25, -0.2) is 0 Å². The summed E-state index contributed by atoms with van der Waals surface area (Å²) in [5, 5.41) is 86.5. The molecule has 0 aromatic heterocycles. The minimum Gasteiger partial charge on any atom is -0.394 e. The average Bonchev–Trinajstić information content (AvgIpc) is 2.58. The Morgan fingerprint density at radius 2 is 1.58 bits per heavy atom. The van der Waals surface area contributed by atoms with E-state index >= 15 is 0 Å². The van der Waals surface area contributed by atoms with Gasteiger partial charge in [0.2, 0.25) is 0 Å². The van der Waals surface area contributed by atoms with Crippen LogP contribution in [0.25, 0.3) is 0 Å². The minimum atomic E-state index is -2.28. The van der Waals surface area contributed by atoms with Gasteiger partial charge in [-0.2, -0.15) is 0 Å². The average molecular weight is 357 g/mol. The van der Waals surface area contributed by atoms with E-state index < -0.39 is 74.2 Å². The molecule has 1 aliphatic rings. The molecule has 1 unspecified atom stereocenters. The van der Waals surface area contributed by atoms with Crippen molar-refractivity contribution in [1.82, 2.24) is 5.32 Å². The number of ether oxygens (including phenoxy) is 1. The molecule has 0 spiro atoms. The molecule has 1 fully saturated rings. The summed E-state index contributed by atoms with van der Waals surface area (Å²) < 4.78 is 4.79. The van der Waals surface area contributed by atoms with Gasteiger partial charge in [-0.3, -0.25) is 4.79 Å². The van der Waals surface area contributed by atoms with Crippen molar-refractivity contribution < 1.29 is 55.5 Å². The highest BCUT2D eigenvalue weighted by Gasteiger charge is 2.45. The van der Waals surface area contributed by atoms with Crippen LogP contribution in [-0.2, 0) is 9.53 Å². The summed E-state index contributed by atoms with van der Waals surface area (Å²) in [4.78, 5) is 11.8.